The largest absolute Gasteiger partial charge is 0.465 e. The number of hydrogen-bond acceptors (Lipinski definition) is 7. The predicted molar refractivity (Wildman–Crippen MR) is 106 cm³/mol. The van der Waals surface area contributed by atoms with Crippen molar-refractivity contribution >= 4 is 28.9 Å². The minimum Gasteiger partial charge on any atom is -0.465 e. The summed E-state index contributed by atoms with van der Waals surface area (Å²) < 4.78 is 10.6. The Hall–Kier alpha value is -3.75. The molecule has 2 aromatic rings. The number of esters is 1. The highest BCUT2D eigenvalue weighted by Crippen LogP contribution is 2.58. The highest BCUT2D eigenvalue weighted by atomic mass is 32.1. The van der Waals surface area contributed by atoms with Gasteiger partial charge in [-0.05, 0) is 13.0 Å². The molecule has 29 heavy (non-hydrogen) atoms. The fraction of sp³-hybridized carbons (Fsp3) is 0.190. The van der Waals surface area contributed by atoms with E-state index in [0.29, 0.717) is 21.0 Å². The first-order valence-electron chi connectivity index (χ1n) is 8.58. The molecule has 2 aliphatic heterocycles. The van der Waals surface area contributed by atoms with Crippen LogP contribution in [-0.4, -0.2) is 25.5 Å². The number of carbonyl (C=O) groups is 2. The SMILES string of the molecule is C#CCN1C(=O)[C@]2(C(C#N)=C(N)Oc3c2sc(C)c3C(=O)OC)c2ccccc21. The van der Waals surface area contributed by atoms with E-state index in [2.05, 4.69) is 12.0 Å². The summed E-state index contributed by atoms with van der Waals surface area (Å²) in [5, 5.41) is 9.94. The molecule has 1 amide bonds. The number of para-hydroxylation sites is 1. The number of carbonyl (C=O) groups excluding carboxylic acids is 2. The van der Waals surface area contributed by atoms with E-state index in [1.807, 2.05) is 0 Å². The van der Waals surface area contributed by atoms with Crippen LogP contribution < -0.4 is 15.4 Å². The highest BCUT2D eigenvalue weighted by molar-refractivity contribution is 7.13. The van der Waals surface area contributed by atoms with Gasteiger partial charge in [0.15, 0.2) is 11.2 Å². The van der Waals surface area contributed by atoms with Gasteiger partial charge in [0.1, 0.15) is 17.2 Å². The third kappa shape index (κ3) is 2.18. The summed E-state index contributed by atoms with van der Waals surface area (Å²) in [6.07, 6.45) is 5.49. The third-order valence-electron chi connectivity index (χ3n) is 5.13. The van der Waals surface area contributed by atoms with E-state index in [1.54, 1.807) is 31.2 Å². The summed E-state index contributed by atoms with van der Waals surface area (Å²) in [5.41, 5.74) is 5.89. The first-order valence-corrected chi connectivity index (χ1v) is 9.40. The minimum atomic E-state index is -1.53. The van der Waals surface area contributed by atoms with Crippen molar-refractivity contribution in [3.8, 4) is 24.2 Å². The Morgan fingerprint density at radius 2 is 2.17 bits per heavy atom. The standard InChI is InChI=1S/C21H15N3O4S/c1-4-9-24-14-8-6-5-7-12(14)21(20(24)26)13(10-22)18(23)28-16-15(19(25)27-3)11(2)29-17(16)21/h1,5-8H,9,23H2,2-3H3/t21-/m0/s1. The van der Waals surface area contributed by atoms with E-state index >= 15 is 0 Å². The van der Waals surface area contributed by atoms with Gasteiger partial charge in [0, 0.05) is 16.1 Å². The summed E-state index contributed by atoms with van der Waals surface area (Å²) >= 11 is 1.20. The molecule has 0 aliphatic carbocycles. The van der Waals surface area contributed by atoms with Gasteiger partial charge < -0.3 is 15.2 Å². The maximum atomic E-state index is 13.8. The lowest BCUT2D eigenvalue weighted by atomic mass is 9.72. The summed E-state index contributed by atoms with van der Waals surface area (Å²) in [6.45, 7) is 1.75. The van der Waals surface area contributed by atoms with Gasteiger partial charge in [-0.1, -0.05) is 24.1 Å². The molecule has 144 valence electrons. The molecule has 1 aromatic carbocycles. The second-order valence-corrected chi connectivity index (χ2v) is 7.72. The van der Waals surface area contributed by atoms with Crippen LogP contribution in [-0.2, 0) is 14.9 Å². The zero-order valence-corrected chi connectivity index (χ0v) is 16.4. The molecule has 1 spiro atoms. The van der Waals surface area contributed by atoms with Crippen LogP contribution in [0.2, 0.25) is 0 Å². The number of methoxy groups -OCH3 is 1. The third-order valence-corrected chi connectivity index (χ3v) is 6.34. The molecule has 0 unspecified atom stereocenters. The Morgan fingerprint density at radius 3 is 2.83 bits per heavy atom. The molecule has 8 heteroatoms. The number of amides is 1. The maximum absolute atomic E-state index is 13.8. The summed E-state index contributed by atoms with van der Waals surface area (Å²) in [4.78, 5) is 28.6. The fourth-order valence-corrected chi connectivity index (χ4v) is 5.24. The van der Waals surface area contributed by atoms with E-state index in [4.69, 9.17) is 21.6 Å². The van der Waals surface area contributed by atoms with Crippen molar-refractivity contribution in [2.24, 2.45) is 5.73 Å². The second-order valence-electron chi connectivity index (χ2n) is 6.50. The van der Waals surface area contributed by atoms with Crippen LogP contribution in [0.1, 0.15) is 25.7 Å². The Morgan fingerprint density at radius 1 is 1.45 bits per heavy atom. The van der Waals surface area contributed by atoms with Gasteiger partial charge in [0.05, 0.1) is 18.5 Å². The van der Waals surface area contributed by atoms with E-state index in [1.165, 1.54) is 23.3 Å². The molecule has 0 saturated heterocycles. The Labute approximate surface area is 170 Å². The van der Waals surface area contributed by atoms with Crippen molar-refractivity contribution < 1.29 is 19.1 Å². The molecule has 0 saturated carbocycles. The molecule has 3 heterocycles. The number of terminal acetylenes is 1. The average Bonchev–Trinajstić information content (AvgIpc) is 3.16. The number of nitrogens with two attached hydrogens (primary N) is 1. The van der Waals surface area contributed by atoms with Crippen LogP contribution >= 0.6 is 11.3 Å². The number of ether oxygens (including phenoxy) is 2. The average molecular weight is 405 g/mol. The molecule has 0 bridgehead atoms. The summed E-state index contributed by atoms with van der Waals surface area (Å²) in [6, 6.07) is 9.14. The predicted octanol–water partition coefficient (Wildman–Crippen LogP) is 2.20. The van der Waals surface area contributed by atoms with Gasteiger partial charge in [0.25, 0.3) is 0 Å². The van der Waals surface area contributed by atoms with Crippen LogP contribution in [0.3, 0.4) is 0 Å². The lowest BCUT2D eigenvalue weighted by molar-refractivity contribution is -0.120. The molecule has 7 nitrogen and oxygen atoms in total. The normalized spacial score (nSPS) is 19.3. The lowest BCUT2D eigenvalue weighted by Gasteiger charge is -2.32. The number of nitrogens with zero attached hydrogens (tertiary/aromatic N) is 2. The first kappa shape index (κ1) is 18.6. The number of rotatable bonds is 2. The van der Waals surface area contributed by atoms with E-state index in [-0.39, 0.29) is 29.3 Å². The second kappa shape index (κ2) is 6.40. The van der Waals surface area contributed by atoms with Crippen LogP contribution in [0.15, 0.2) is 35.7 Å². The van der Waals surface area contributed by atoms with Crippen LogP contribution in [0, 0.1) is 30.6 Å². The number of fused-ring (bicyclic) bond motifs is 4. The van der Waals surface area contributed by atoms with Gasteiger partial charge in [-0.2, -0.15) is 5.26 Å². The van der Waals surface area contributed by atoms with Crippen molar-refractivity contribution in [1.29, 1.82) is 5.26 Å². The van der Waals surface area contributed by atoms with Crippen LogP contribution in [0.25, 0.3) is 0 Å². The number of hydrogen-bond donors (Lipinski definition) is 1. The van der Waals surface area contributed by atoms with Gasteiger partial charge in [-0.15, -0.1) is 17.8 Å². The van der Waals surface area contributed by atoms with Crippen LogP contribution in [0.5, 0.6) is 5.75 Å². The molecule has 0 fully saturated rings. The summed E-state index contributed by atoms with van der Waals surface area (Å²) in [5.74, 6) is 1.39. The minimum absolute atomic E-state index is 0.0281. The van der Waals surface area contributed by atoms with Crippen molar-refractivity contribution in [3.05, 3.63) is 56.6 Å². The molecular weight excluding hydrogens is 390 g/mol. The Balaban J connectivity index is 2.14. The number of thiophene rings is 1. The number of nitriles is 1. The van der Waals surface area contributed by atoms with Crippen LogP contribution in [0.4, 0.5) is 5.69 Å². The Bertz CT molecular complexity index is 1200. The molecule has 2 N–H and O–H groups in total. The van der Waals surface area contributed by atoms with E-state index < -0.39 is 17.3 Å². The van der Waals surface area contributed by atoms with Crippen molar-refractivity contribution in [3.63, 3.8) is 0 Å². The zero-order valence-electron chi connectivity index (χ0n) is 15.6. The number of anilines is 1. The van der Waals surface area contributed by atoms with Crippen molar-refractivity contribution in [1.82, 2.24) is 0 Å². The summed E-state index contributed by atoms with van der Waals surface area (Å²) in [7, 11) is 1.26. The molecule has 4 rings (SSSR count). The maximum Gasteiger partial charge on any atom is 0.342 e. The smallest absolute Gasteiger partial charge is 0.342 e. The fourth-order valence-electron chi connectivity index (χ4n) is 3.97. The van der Waals surface area contributed by atoms with E-state index in [9.17, 15) is 14.9 Å². The Kier molecular flexibility index (Phi) is 4.11. The molecular formula is C21H15N3O4S. The van der Waals surface area contributed by atoms with Gasteiger partial charge in [0.2, 0.25) is 11.8 Å². The molecule has 2 aliphatic rings. The highest BCUT2D eigenvalue weighted by Gasteiger charge is 2.60. The number of benzene rings is 1. The van der Waals surface area contributed by atoms with Gasteiger partial charge in [-0.3, -0.25) is 9.69 Å². The zero-order chi connectivity index (χ0) is 20.9. The first-order chi connectivity index (χ1) is 13.9. The number of aryl methyl sites for hydroxylation is 1. The quantitative estimate of drug-likeness (QED) is 0.607. The molecule has 0 radical (unpaired) electrons. The van der Waals surface area contributed by atoms with Gasteiger partial charge >= 0.3 is 5.97 Å². The van der Waals surface area contributed by atoms with E-state index in [0.717, 1.165) is 0 Å². The van der Waals surface area contributed by atoms with Crippen molar-refractivity contribution in [2.45, 2.75) is 12.3 Å². The lowest BCUT2D eigenvalue weighted by Crippen LogP contribution is -2.45. The molecule has 1 aromatic heterocycles. The molecule has 1 atom stereocenters. The topological polar surface area (TPSA) is 106 Å². The monoisotopic (exact) mass is 405 g/mol. The van der Waals surface area contributed by atoms with Crippen molar-refractivity contribution in [2.75, 3.05) is 18.6 Å². The van der Waals surface area contributed by atoms with Gasteiger partial charge in [-0.25, -0.2) is 4.79 Å².